The molecule has 0 heterocycles. The number of phenols is 1. The smallest absolute Gasteiger partial charge is 0.261 e. The maximum Gasteiger partial charge on any atom is 0.261 e. The van der Waals surface area contributed by atoms with Gasteiger partial charge in [0.1, 0.15) is 16.6 Å². The van der Waals surface area contributed by atoms with Gasteiger partial charge in [-0.05, 0) is 23.9 Å². The molecule has 2 rings (SSSR count). The number of benzene rings is 2. The lowest BCUT2D eigenvalue weighted by Crippen LogP contribution is -1.97. The fourth-order valence-corrected chi connectivity index (χ4v) is 2.56. The molecule has 134 valence electrons. The summed E-state index contributed by atoms with van der Waals surface area (Å²) in [5.41, 5.74) is 0.358. The van der Waals surface area contributed by atoms with E-state index in [4.69, 9.17) is 5.92 Å². The second-order valence-electron chi connectivity index (χ2n) is 4.64. The van der Waals surface area contributed by atoms with Crippen LogP contribution in [0.3, 0.4) is 0 Å². The molecule has 0 radical (unpaired) electrons. The van der Waals surface area contributed by atoms with Gasteiger partial charge in [-0.3, -0.25) is 4.55 Å². The van der Waals surface area contributed by atoms with Crippen molar-refractivity contribution in [3.63, 3.8) is 0 Å². The van der Waals surface area contributed by atoms with Crippen molar-refractivity contribution in [3.8, 4) is 5.75 Å². The molecule has 2 aromatic carbocycles. The van der Waals surface area contributed by atoms with Crippen LogP contribution in [0.5, 0.6) is 5.75 Å². The highest BCUT2D eigenvalue weighted by atomic mass is 32.3. The molecule has 24 heavy (non-hydrogen) atoms. The lowest BCUT2D eigenvalue weighted by atomic mass is 10.0. The molecule has 0 bridgehead atoms. The predicted octanol–water partition coefficient (Wildman–Crippen LogP) is 3.65. The van der Waals surface area contributed by atoms with Gasteiger partial charge in [0.05, 0.1) is 11.2 Å². The standard InChI is InChI=1S/C12H14N2O4S.CH4O3S/c1-7-4-3-5-8-6-9(19(16,17)18)11(14-13-2)12(15)10(7)8;1-5(2,3)4/h3-6,15-18H,1-2H3;1H3,(H,2,3,4)/i1D;. The third-order valence-electron chi connectivity index (χ3n) is 2.66. The van der Waals surface area contributed by atoms with E-state index >= 15 is 0 Å². The van der Waals surface area contributed by atoms with Gasteiger partial charge in [0.15, 0.2) is 5.75 Å². The number of phenolic OH excluding ortho intramolecular Hbond substituents is 1. The first-order chi connectivity index (χ1) is 11.4. The van der Waals surface area contributed by atoms with Crippen molar-refractivity contribution in [2.45, 2.75) is 11.8 Å². The van der Waals surface area contributed by atoms with Crippen LogP contribution in [0.25, 0.3) is 10.8 Å². The van der Waals surface area contributed by atoms with Gasteiger partial charge < -0.3 is 18.8 Å². The van der Waals surface area contributed by atoms with E-state index < -0.39 is 21.0 Å². The third kappa shape index (κ3) is 5.40. The van der Waals surface area contributed by atoms with Crippen LogP contribution < -0.4 is 0 Å². The summed E-state index contributed by atoms with van der Waals surface area (Å²) >= 11 is 0. The molecule has 0 saturated carbocycles. The van der Waals surface area contributed by atoms with Crippen LogP contribution >= 0.6 is 10.9 Å². The molecule has 0 spiro atoms. The number of nitrogens with zero attached hydrogens (tertiary/aromatic N) is 2. The number of azo groups is 1. The van der Waals surface area contributed by atoms with Crippen molar-refractivity contribution in [2.24, 2.45) is 10.2 Å². The summed E-state index contributed by atoms with van der Waals surface area (Å²) in [6, 6.07) is 6.32. The number of aromatic hydroxyl groups is 1. The minimum atomic E-state index is -4.05. The number of fused-ring (bicyclic) bond motifs is 1. The highest BCUT2D eigenvalue weighted by molar-refractivity contribution is 8.19. The van der Waals surface area contributed by atoms with Gasteiger partial charge in [0.2, 0.25) is 0 Å². The van der Waals surface area contributed by atoms with Crippen LogP contribution in [0.2, 0.25) is 0 Å². The zero-order chi connectivity index (χ0) is 19.4. The van der Waals surface area contributed by atoms with Crippen molar-refractivity contribution in [1.82, 2.24) is 0 Å². The fourth-order valence-electron chi connectivity index (χ4n) is 1.88. The Balaban J connectivity index is 0.000000550. The first kappa shape index (κ1) is 18.6. The van der Waals surface area contributed by atoms with Crippen molar-refractivity contribution in [3.05, 3.63) is 29.8 Å². The summed E-state index contributed by atoms with van der Waals surface area (Å²) in [5, 5.41) is 18.3. The summed E-state index contributed by atoms with van der Waals surface area (Å²) in [5.74, 6) is -0.333. The second-order valence-corrected chi connectivity index (χ2v) is 7.58. The molecule has 0 unspecified atom stereocenters. The Morgan fingerprint density at radius 1 is 1.17 bits per heavy atom. The normalized spacial score (nSPS) is 13.5. The van der Waals surface area contributed by atoms with E-state index in [-0.39, 0.29) is 23.2 Å². The van der Waals surface area contributed by atoms with Crippen molar-refractivity contribution < 1.29 is 33.1 Å². The Labute approximate surface area is 142 Å². The first-order valence-corrected chi connectivity index (χ1v) is 9.55. The molecule has 0 fully saturated rings. The monoisotopic (exact) mass is 379 g/mol. The maximum absolute atomic E-state index is 10.3. The summed E-state index contributed by atoms with van der Waals surface area (Å²) < 4.78 is 61.7. The molecule has 0 aliphatic rings. The van der Waals surface area contributed by atoms with Gasteiger partial charge in [0.25, 0.3) is 10.1 Å². The van der Waals surface area contributed by atoms with Crippen LogP contribution in [0, 0.1) is 6.90 Å². The largest absolute Gasteiger partial charge is 0.505 e. The lowest BCUT2D eigenvalue weighted by molar-refractivity contribution is 0.375. The number of rotatable bonds is 2. The maximum atomic E-state index is 10.3. The minimum Gasteiger partial charge on any atom is -0.505 e. The zero-order valence-corrected chi connectivity index (χ0v) is 14.4. The van der Waals surface area contributed by atoms with Crippen LogP contribution in [0.15, 0.2) is 39.4 Å². The molecule has 0 amide bonds. The number of aryl methyl sites for hydroxylation is 1. The highest BCUT2D eigenvalue weighted by Crippen LogP contribution is 2.54. The van der Waals surface area contributed by atoms with E-state index in [1.807, 2.05) is 0 Å². The first-order valence-electron chi connectivity index (χ1n) is 6.90. The summed E-state index contributed by atoms with van der Waals surface area (Å²) in [4.78, 5) is -0.296. The van der Waals surface area contributed by atoms with Crippen molar-refractivity contribution in [1.29, 1.82) is 0 Å². The van der Waals surface area contributed by atoms with E-state index in [2.05, 4.69) is 10.2 Å². The average molecular weight is 379 g/mol. The van der Waals surface area contributed by atoms with Crippen molar-refractivity contribution >= 4 is 37.4 Å². The Hall–Kier alpha value is -1.76. The number of hydrogen-bond donors (Lipinski definition) is 5. The Morgan fingerprint density at radius 2 is 1.75 bits per heavy atom. The molecule has 0 aliphatic heterocycles. The third-order valence-corrected chi connectivity index (χ3v) is 3.56. The molecular weight excluding hydrogens is 360 g/mol. The predicted molar refractivity (Wildman–Crippen MR) is 92.0 cm³/mol. The molecule has 0 saturated heterocycles. The van der Waals surface area contributed by atoms with Crippen molar-refractivity contribution in [2.75, 3.05) is 13.3 Å². The Morgan fingerprint density at radius 3 is 2.21 bits per heavy atom. The second kappa shape index (κ2) is 7.42. The van der Waals surface area contributed by atoms with Crippen LogP contribution in [-0.2, 0) is 10.1 Å². The van der Waals surface area contributed by atoms with E-state index in [1.165, 1.54) is 13.1 Å². The molecular formula is C13H18N2O7S2. The van der Waals surface area contributed by atoms with E-state index in [0.29, 0.717) is 22.6 Å². The molecule has 11 heteroatoms. The van der Waals surface area contributed by atoms with Gasteiger partial charge in [-0.2, -0.15) is 18.6 Å². The lowest BCUT2D eigenvalue weighted by Gasteiger charge is -2.22. The zero-order valence-electron chi connectivity index (χ0n) is 13.8. The van der Waals surface area contributed by atoms with Crippen LogP contribution in [0.4, 0.5) is 5.69 Å². The van der Waals surface area contributed by atoms with Gasteiger partial charge in [-0.25, -0.2) is 0 Å². The van der Waals surface area contributed by atoms with E-state index in [1.54, 1.807) is 18.2 Å². The van der Waals surface area contributed by atoms with Gasteiger partial charge in [0, 0.05) is 13.8 Å². The fraction of sp³-hybridized carbons (Fsp3) is 0.231. The summed E-state index contributed by atoms with van der Waals surface area (Å²) in [6.45, 7) is -0.0532. The number of hydrogen-bond acceptors (Lipinski definition) is 8. The Bertz CT molecular complexity index is 887. The minimum absolute atomic E-state index is 0.0532. The molecule has 5 N–H and O–H groups in total. The molecule has 2 aromatic rings. The SMILES string of the molecule is CS(=O)(=O)O.[2H]Cc1cccc2cc(S(O)(O)O)c(N=NC)c(O)c12. The quantitative estimate of drug-likeness (QED) is 0.393. The molecule has 0 aromatic heterocycles. The molecule has 0 aliphatic carbocycles. The van der Waals surface area contributed by atoms with E-state index in [0.717, 1.165) is 0 Å². The summed E-state index contributed by atoms with van der Waals surface area (Å²) in [7, 11) is -6.36. The van der Waals surface area contributed by atoms with E-state index in [9.17, 15) is 27.2 Å². The average Bonchev–Trinajstić information content (AvgIpc) is 2.46. The van der Waals surface area contributed by atoms with Gasteiger partial charge in [-0.1, -0.05) is 18.2 Å². The molecule has 0 atom stereocenters. The Kier molecular flexibility index (Phi) is 5.74. The molecule has 9 nitrogen and oxygen atoms in total. The highest BCUT2D eigenvalue weighted by Gasteiger charge is 2.25. The van der Waals surface area contributed by atoms with Crippen LogP contribution in [-0.4, -0.2) is 45.0 Å². The van der Waals surface area contributed by atoms with Crippen LogP contribution in [0.1, 0.15) is 6.93 Å². The van der Waals surface area contributed by atoms with Gasteiger partial charge in [-0.15, -0.1) is 0 Å². The summed E-state index contributed by atoms with van der Waals surface area (Å²) in [6.07, 6.45) is 0.715. The topological polar surface area (TPSA) is 160 Å². The van der Waals surface area contributed by atoms with Gasteiger partial charge >= 0.3 is 0 Å².